The Bertz CT molecular complexity index is 1000. The number of piperidine rings is 1. The standard InChI is InChI=1S/C49H91NO9/c1-8-12-28-42(29-13-9-2)56-45(51)34-26-22-18-16-20-24-32-44(58-47(53)40-55-41-36-38-50(39-37-41)48(54)59-49(5,6)7)33-25-21-17-19-23-27-35-46(52)57-43(30-14-10-3)31-15-11-4/h41-44H,8-40H2,1-7H3. The molecule has 0 N–H and O–H groups in total. The number of unbranched alkanes of at least 4 members (excludes halogenated alkanes) is 14. The molecule has 1 aliphatic heterocycles. The Kier molecular flexibility index (Phi) is 32.7. The van der Waals surface area contributed by atoms with E-state index in [1.54, 1.807) is 4.90 Å². The van der Waals surface area contributed by atoms with E-state index in [1.807, 2.05) is 20.8 Å². The summed E-state index contributed by atoms with van der Waals surface area (Å²) in [5.41, 5.74) is -0.532. The Morgan fingerprint density at radius 2 is 0.831 bits per heavy atom. The second kappa shape index (κ2) is 35.3. The maximum absolute atomic E-state index is 13.0. The van der Waals surface area contributed by atoms with Gasteiger partial charge < -0.3 is 28.6 Å². The number of carbonyl (C=O) groups excluding carboxylic acids is 4. The molecule has 59 heavy (non-hydrogen) atoms. The summed E-state index contributed by atoms with van der Waals surface area (Å²) in [5, 5.41) is 0. The van der Waals surface area contributed by atoms with Gasteiger partial charge in [-0.2, -0.15) is 0 Å². The minimum Gasteiger partial charge on any atom is -0.462 e. The van der Waals surface area contributed by atoms with Crippen LogP contribution in [0.15, 0.2) is 0 Å². The largest absolute Gasteiger partial charge is 0.462 e. The number of nitrogens with zero attached hydrogens (tertiary/aromatic N) is 1. The van der Waals surface area contributed by atoms with Gasteiger partial charge in [0.25, 0.3) is 0 Å². The van der Waals surface area contributed by atoms with Gasteiger partial charge in [-0.05, 0) is 97.8 Å². The molecule has 1 heterocycles. The molecule has 10 heteroatoms. The molecule has 1 amide bonds. The third-order valence-corrected chi connectivity index (χ3v) is 11.3. The molecule has 0 aliphatic carbocycles. The zero-order valence-corrected chi connectivity index (χ0v) is 39.3. The summed E-state index contributed by atoms with van der Waals surface area (Å²) in [5.74, 6) is -0.409. The molecule has 0 atom stereocenters. The maximum Gasteiger partial charge on any atom is 0.410 e. The van der Waals surface area contributed by atoms with Crippen molar-refractivity contribution in [3.05, 3.63) is 0 Å². The van der Waals surface area contributed by atoms with E-state index >= 15 is 0 Å². The highest BCUT2D eigenvalue weighted by atomic mass is 16.6. The van der Waals surface area contributed by atoms with Gasteiger partial charge in [0.05, 0.1) is 6.10 Å². The highest BCUT2D eigenvalue weighted by Gasteiger charge is 2.28. The molecule has 0 aromatic heterocycles. The molecule has 0 unspecified atom stereocenters. The Hall–Kier alpha value is -2.36. The molecule has 346 valence electrons. The van der Waals surface area contributed by atoms with Gasteiger partial charge in [-0.1, -0.05) is 130 Å². The van der Waals surface area contributed by atoms with Crippen LogP contribution in [-0.4, -0.2) is 78.6 Å². The molecular formula is C49H91NO9. The van der Waals surface area contributed by atoms with Gasteiger partial charge in [0.2, 0.25) is 0 Å². The van der Waals surface area contributed by atoms with Crippen LogP contribution < -0.4 is 0 Å². The van der Waals surface area contributed by atoms with Crippen molar-refractivity contribution in [2.75, 3.05) is 19.7 Å². The molecule has 0 aromatic rings. The molecule has 1 fully saturated rings. The molecule has 0 bridgehead atoms. The maximum atomic E-state index is 13.0. The van der Waals surface area contributed by atoms with Crippen molar-refractivity contribution in [2.24, 2.45) is 0 Å². The summed E-state index contributed by atoms with van der Waals surface area (Å²) >= 11 is 0. The van der Waals surface area contributed by atoms with Crippen molar-refractivity contribution in [1.82, 2.24) is 4.90 Å². The Balaban J connectivity index is 2.45. The third-order valence-electron chi connectivity index (χ3n) is 11.3. The first-order valence-electron chi connectivity index (χ1n) is 24.6. The minimum absolute atomic E-state index is 0.0455. The van der Waals surface area contributed by atoms with Crippen LogP contribution in [0.1, 0.15) is 241 Å². The van der Waals surface area contributed by atoms with Gasteiger partial charge in [0, 0.05) is 25.9 Å². The number of carbonyl (C=O) groups is 4. The van der Waals surface area contributed by atoms with E-state index in [2.05, 4.69) is 27.7 Å². The predicted octanol–water partition coefficient (Wildman–Crippen LogP) is 13.1. The molecule has 1 saturated heterocycles. The summed E-state index contributed by atoms with van der Waals surface area (Å²) in [6.45, 7) is 15.3. The molecule has 0 spiro atoms. The number of ether oxygens (including phenoxy) is 5. The smallest absolute Gasteiger partial charge is 0.410 e. The number of likely N-dealkylation sites (tertiary alicyclic amines) is 1. The Morgan fingerprint density at radius 1 is 0.492 bits per heavy atom. The number of hydrogen-bond acceptors (Lipinski definition) is 9. The molecule has 10 nitrogen and oxygen atoms in total. The minimum atomic E-state index is -0.532. The monoisotopic (exact) mass is 838 g/mol. The Morgan fingerprint density at radius 3 is 1.20 bits per heavy atom. The number of amides is 1. The average molecular weight is 838 g/mol. The van der Waals surface area contributed by atoms with Gasteiger partial charge in [-0.3, -0.25) is 9.59 Å². The van der Waals surface area contributed by atoms with Crippen LogP contribution in [-0.2, 0) is 38.1 Å². The molecular weight excluding hydrogens is 747 g/mol. The molecule has 1 rings (SSSR count). The first-order chi connectivity index (χ1) is 28.4. The lowest BCUT2D eigenvalue weighted by molar-refractivity contribution is -0.158. The van der Waals surface area contributed by atoms with Gasteiger partial charge in [-0.15, -0.1) is 0 Å². The van der Waals surface area contributed by atoms with E-state index in [-0.39, 0.29) is 55.0 Å². The molecule has 0 saturated carbocycles. The van der Waals surface area contributed by atoms with E-state index < -0.39 is 5.60 Å². The van der Waals surface area contributed by atoms with E-state index in [0.717, 1.165) is 167 Å². The first-order valence-corrected chi connectivity index (χ1v) is 24.6. The van der Waals surface area contributed by atoms with E-state index in [9.17, 15) is 19.2 Å². The quantitative estimate of drug-likeness (QED) is 0.0345. The molecule has 1 aliphatic rings. The number of rotatable bonds is 36. The number of esters is 3. The average Bonchev–Trinajstić information content (AvgIpc) is 3.20. The van der Waals surface area contributed by atoms with Gasteiger partial charge in [0.15, 0.2) is 0 Å². The van der Waals surface area contributed by atoms with Crippen molar-refractivity contribution in [1.29, 1.82) is 0 Å². The van der Waals surface area contributed by atoms with Gasteiger partial charge in [0.1, 0.15) is 30.5 Å². The summed E-state index contributed by atoms with van der Waals surface area (Å²) < 4.78 is 29.1. The fraction of sp³-hybridized carbons (Fsp3) is 0.918. The van der Waals surface area contributed by atoms with Gasteiger partial charge in [-0.25, -0.2) is 9.59 Å². The fourth-order valence-corrected chi connectivity index (χ4v) is 7.64. The Labute approximate surface area is 361 Å². The summed E-state index contributed by atoms with van der Waals surface area (Å²) in [4.78, 5) is 52.1. The fourth-order valence-electron chi connectivity index (χ4n) is 7.64. The molecule has 0 radical (unpaired) electrons. The highest BCUT2D eigenvalue weighted by molar-refractivity contribution is 5.71. The van der Waals surface area contributed by atoms with Crippen LogP contribution >= 0.6 is 0 Å². The van der Waals surface area contributed by atoms with E-state index in [1.165, 1.54) is 0 Å². The van der Waals surface area contributed by atoms with Crippen LogP contribution in [0.3, 0.4) is 0 Å². The zero-order valence-electron chi connectivity index (χ0n) is 39.3. The predicted molar refractivity (Wildman–Crippen MR) is 238 cm³/mol. The van der Waals surface area contributed by atoms with Crippen LogP contribution in [0.2, 0.25) is 0 Å². The summed E-state index contributed by atoms with van der Waals surface area (Å²) in [7, 11) is 0. The van der Waals surface area contributed by atoms with Crippen molar-refractivity contribution in [3.63, 3.8) is 0 Å². The van der Waals surface area contributed by atoms with Crippen LogP contribution in [0.4, 0.5) is 4.79 Å². The van der Waals surface area contributed by atoms with Crippen molar-refractivity contribution in [3.8, 4) is 0 Å². The van der Waals surface area contributed by atoms with Crippen molar-refractivity contribution in [2.45, 2.75) is 271 Å². The van der Waals surface area contributed by atoms with Crippen LogP contribution in [0.25, 0.3) is 0 Å². The van der Waals surface area contributed by atoms with Gasteiger partial charge >= 0.3 is 24.0 Å². The van der Waals surface area contributed by atoms with E-state index in [0.29, 0.717) is 38.8 Å². The van der Waals surface area contributed by atoms with Crippen LogP contribution in [0.5, 0.6) is 0 Å². The topological polar surface area (TPSA) is 118 Å². The third kappa shape index (κ3) is 31.2. The SMILES string of the molecule is CCCCC(CCCC)OC(=O)CCCCCCCCC(CCCCCCCCC(=O)OC(CCCC)CCCC)OC(=O)COC1CCN(C(=O)OC(C)(C)C)CC1. The highest BCUT2D eigenvalue weighted by Crippen LogP contribution is 2.21. The summed E-state index contributed by atoms with van der Waals surface area (Å²) in [6.07, 6.45) is 28.7. The second-order valence-electron chi connectivity index (χ2n) is 18.2. The lowest BCUT2D eigenvalue weighted by atomic mass is 10.0. The van der Waals surface area contributed by atoms with Crippen LogP contribution in [0, 0.1) is 0 Å². The van der Waals surface area contributed by atoms with E-state index in [4.69, 9.17) is 23.7 Å². The van der Waals surface area contributed by atoms with Crippen molar-refractivity contribution >= 4 is 24.0 Å². The summed E-state index contributed by atoms with van der Waals surface area (Å²) in [6, 6.07) is 0. The van der Waals surface area contributed by atoms with Crippen molar-refractivity contribution < 1.29 is 42.9 Å². The molecule has 0 aromatic carbocycles. The number of hydrogen-bond donors (Lipinski definition) is 0. The lowest BCUT2D eigenvalue weighted by Gasteiger charge is -2.33. The normalized spacial score (nSPS) is 13.7. The first kappa shape index (κ1) is 54.7. The lowest BCUT2D eigenvalue weighted by Crippen LogP contribution is -2.43. The second-order valence-corrected chi connectivity index (χ2v) is 18.2. The zero-order chi connectivity index (χ0) is 43.6.